The maximum Gasteiger partial charge on any atom is 0.258 e. The molecule has 1 aromatic carbocycles. The molecule has 29 heavy (non-hydrogen) atoms. The highest BCUT2D eigenvalue weighted by molar-refractivity contribution is 6.32. The van der Waals surface area contributed by atoms with Crippen molar-refractivity contribution in [3.63, 3.8) is 0 Å². The van der Waals surface area contributed by atoms with Crippen molar-refractivity contribution in [1.82, 2.24) is 5.32 Å². The van der Waals surface area contributed by atoms with Crippen molar-refractivity contribution in [3.8, 4) is 17.3 Å². The Hall–Kier alpha value is -2.73. The van der Waals surface area contributed by atoms with E-state index >= 15 is 0 Å². The predicted molar refractivity (Wildman–Crippen MR) is 110 cm³/mol. The Morgan fingerprint density at radius 3 is 2.79 bits per heavy atom. The lowest BCUT2D eigenvalue weighted by Crippen LogP contribution is -2.39. The van der Waals surface area contributed by atoms with Crippen LogP contribution >= 0.6 is 11.6 Å². The maximum atomic E-state index is 13.1. The molecule has 7 heteroatoms. The van der Waals surface area contributed by atoms with Gasteiger partial charge in [-0.05, 0) is 49.6 Å². The molecule has 0 saturated heterocycles. The van der Waals surface area contributed by atoms with Crippen LogP contribution in [-0.4, -0.2) is 18.6 Å². The standard InChI is InChI=1S/C22H22ClNO5/c1-13-10-18-15(11-16(13)23)20(26)22(21(29-18)17-8-5-9-27-17)28-12-19(25)24-14-6-3-2-4-7-14/h5,8-11,14H,2-4,6-7,12H2,1H3,(H,24,25). The van der Waals surface area contributed by atoms with Gasteiger partial charge in [-0.3, -0.25) is 9.59 Å². The molecule has 2 heterocycles. The Morgan fingerprint density at radius 2 is 2.07 bits per heavy atom. The van der Waals surface area contributed by atoms with Crippen LogP contribution in [0.3, 0.4) is 0 Å². The van der Waals surface area contributed by atoms with Gasteiger partial charge in [-0.1, -0.05) is 30.9 Å². The summed E-state index contributed by atoms with van der Waals surface area (Å²) in [6.45, 7) is 1.55. The van der Waals surface area contributed by atoms with Gasteiger partial charge in [0.25, 0.3) is 5.91 Å². The Morgan fingerprint density at radius 1 is 1.28 bits per heavy atom. The molecular weight excluding hydrogens is 394 g/mol. The topological polar surface area (TPSA) is 81.7 Å². The zero-order valence-electron chi connectivity index (χ0n) is 16.1. The molecule has 1 saturated carbocycles. The van der Waals surface area contributed by atoms with E-state index in [-0.39, 0.29) is 30.1 Å². The van der Waals surface area contributed by atoms with Crippen molar-refractivity contribution >= 4 is 28.5 Å². The zero-order valence-corrected chi connectivity index (χ0v) is 16.9. The summed E-state index contributed by atoms with van der Waals surface area (Å²) in [6.07, 6.45) is 6.85. The van der Waals surface area contributed by atoms with Crippen LogP contribution < -0.4 is 15.5 Å². The first-order chi connectivity index (χ1) is 14.0. The van der Waals surface area contributed by atoms with Gasteiger partial charge < -0.3 is 18.9 Å². The number of aryl methyl sites for hydroxylation is 1. The van der Waals surface area contributed by atoms with E-state index in [1.54, 1.807) is 24.3 Å². The van der Waals surface area contributed by atoms with Gasteiger partial charge in [0, 0.05) is 11.1 Å². The van der Waals surface area contributed by atoms with Crippen molar-refractivity contribution in [2.45, 2.75) is 45.1 Å². The summed E-state index contributed by atoms with van der Waals surface area (Å²) in [4.78, 5) is 25.4. The van der Waals surface area contributed by atoms with E-state index < -0.39 is 5.43 Å². The summed E-state index contributed by atoms with van der Waals surface area (Å²) in [5.74, 6) is 0.175. The third-order valence-electron chi connectivity index (χ3n) is 5.19. The van der Waals surface area contributed by atoms with Crippen LogP contribution in [0.4, 0.5) is 0 Å². The molecule has 1 fully saturated rings. The van der Waals surface area contributed by atoms with Crippen molar-refractivity contribution in [2.24, 2.45) is 0 Å². The van der Waals surface area contributed by atoms with Gasteiger partial charge in [0.2, 0.25) is 16.9 Å². The number of carbonyl (C=O) groups is 1. The van der Waals surface area contributed by atoms with Gasteiger partial charge >= 0.3 is 0 Å². The molecule has 3 aromatic rings. The minimum absolute atomic E-state index is 0.0637. The van der Waals surface area contributed by atoms with Gasteiger partial charge in [-0.2, -0.15) is 0 Å². The molecule has 0 spiro atoms. The summed E-state index contributed by atoms with van der Waals surface area (Å²) >= 11 is 6.18. The van der Waals surface area contributed by atoms with Crippen LogP contribution in [0.1, 0.15) is 37.7 Å². The molecule has 0 unspecified atom stereocenters. The summed E-state index contributed by atoms with van der Waals surface area (Å²) in [7, 11) is 0. The molecule has 0 aliphatic heterocycles. The molecule has 2 aromatic heterocycles. The number of rotatable bonds is 5. The van der Waals surface area contributed by atoms with Crippen molar-refractivity contribution in [3.05, 3.63) is 51.3 Å². The van der Waals surface area contributed by atoms with Crippen molar-refractivity contribution in [2.75, 3.05) is 6.61 Å². The fraction of sp³-hybridized carbons (Fsp3) is 0.364. The van der Waals surface area contributed by atoms with E-state index in [2.05, 4.69) is 5.32 Å². The van der Waals surface area contributed by atoms with Crippen LogP contribution in [0, 0.1) is 6.92 Å². The monoisotopic (exact) mass is 415 g/mol. The van der Waals surface area contributed by atoms with Crippen LogP contribution in [0.15, 0.2) is 44.2 Å². The van der Waals surface area contributed by atoms with E-state index in [9.17, 15) is 9.59 Å². The minimum atomic E-state index is -0.398. The van der Waals surface area contributed by atoms with Gasteiger partial charge in [-0.25, -0.2) is 0 Å². The van der Waals surface area contributed by atoms with Gasteiger partial charge in [0.1, 0.15) is 5.58 Å². The highest BCUT2D eigenvalue weighted by atomic mass is 35.5. The first-order valence-corrected chi connectivity index (χ1v) is 10.1. The summed E-state index contributed by atoms with van der Waals surface area (Å²) in [6, 6.07) is 6.78. The molecule has 4 rings (SSSR count). The molecule has 1 amide bonds. The molecular formula is C22H22ClNO5. The van der Waals surface area contributed by atoms with E-state index in [4.69, 9.17) is 25.2 Å². The number of hydrogen-bond donors (Lipinski definition) is 1. The van der Waals surface area contributed by atoms with Crippen molar-refractivity contribution in [1.29, 1.82) is 0 Å². The smallest absolute Gasteiger partial charge is 0.258 e. The fourth-order valence-corrected chi connectivity index (χ4v) is 3.82. The third kappa shape index (κ3) is 4.17. The number of carbonyl (C=O) groups excluding carboxylic acids is 1. The summed E-state index contributed by atoms with van der Waals surface area (Å²) in [5, 5.41) is 3.72. The largest absolute Gasteiger partial charge is 0.476 e. The Kier molecular flexibility index (Phi) is 5.62. The molecule has 0 radical (unpaired) electrons. The van der Waals surface area contributed by atoms with E-state index in [0.29, 0.717) is 21.8 Å². The average Bonchev–Trinajstić information content (AvgIpc) is 3.24. The SMILES string of the molecule is Cc1cc2oc(-c3ccco3)c(OCC(=O)NC3CCCCC3)c(=O)c2cc1Cl. The Labute approximate surface area is 172 Å². The lowest BCUT2D eigenvalue weighted by molar-refractivity contribution is -0.124. The highest BCUT2D eigenvalue weighted by Crippen LogP contribution is 2.33. The number of benzene rings is 1. The predicted octanol–water partition coefficient (Wildman–Crippen LogP) is 4.84. The van der Waals surface area contributed by atoms with Crippen LogP contribution in [0.2, 0.25) is 5.02 Å². The number of furan rings is 1. The number of nitrogens with one attached hydrogen (secondary N) is 1. The zero-order chi connectivity index (χ0) is 20.4. The molecule has 1 aliphatic rings. The lowest BCUT2D eigenvalue weighted by Gasteiger charge is -2.22. The second-order valence-corrected chi connectivity index (χ2v) is 7.76. The van der Waals surface area contributed by atoms with E-state index in [1.807, 2.05) is 6.92 Å². The normalized spacial score (nSPS) is 14.8. The second-order valence-electron chi connectivity index (χ2n) is 7.36. The molecule has 0 bridgehead atoms. The highest BCUT2D eigenvalue weighted by Gasteiger charge is 2.22. The Balaban J connectivity index is 1.65. The van der Waals surface area contributed by atoms with Gasteiger partial charge in [0.05, 0.1) is 11.6 Å². The van der Waals surface area contributed by atoms with Crippen LogP contribution in [-0.2, 0) is 4.79 Å². The number of ether oxygens (including phenoxy) is 1. The summed E-state index contributed by atoms with van der Waals surface area (Å²) in [5.41, 5.74) is 0.764. The Bertz CT molecular complexity index is 1080. The summed E-state index contributed by atoms with van der Waals surface area (Å²) < 4.78 is 17.0. The fourth-order valence-electron chi connectivity index (χ4n) is 3.65. The van der Waals surface area contributed by atoms with E-state index in [0.717, 1.165) is 31.2 Å². The first-order valence-electron chi connectivity index (χ1n) is 9.76. The molecule has 1 N–H and O–H groups in total. The number of amides is 1. The number of halogens is 1. The second kappa shape index (κ2) is 8.33. The maximum absolute atomic E-state index is 13.1. The lowest BCUT2D eigenvalue weighted by atomic mass is 9.95. The van der Waals surface area contributed by atoms with Crippen LogP contribution in [0.25, 0.3) is 22.5 Å². The average molecular weight is 416 g/mol. The first kappa shape index (κ1) is 19.6. The molecule has 0 atom stereocenters. The molecule has 6 nitrogen and oxygen atoms in total. The van der Waals surface area contributed by atoms with Gasteiger partial charge in [0.15, 0.2) is 12.4 Å². The minimum Gasteiger partial charge on any atom is -0.476 e. The van der Waals surface area contributed by atoms with Crippen LogP contribution in [0.5, 0.6) is 5.75 Å². The van der Waals surface area contributed by atoms with E-state index in [1.165, 1.54) is 12.7 Å². The number of hydrogen-bond acceptors (Lipinski definition) is 5. The molecule has 1 aliphatic carbocycles. The quantitative estimate of drug-likeness (QED) is 0.644. The van der Waals surface area contributed by atoms with Gasteiger partial charge in [-0.15, -0.1) is 0 Å². The third-order valence-corrected chi connectivity index (χ3v) is 5.60. The van der Waals surface area contributed by atoms with Crippen molar-refractivity contribution < 1.29 is 18.4 Å². The molecule has 152 valence electrons. The number of fused-ring (bicyclic) bond motifs is 1.